The molecule has 1 saturated carbocycles. The molecule has 1 amide bonds. The number of amides is 1. The summed E-state index contributed by atoms with van der Waals surface area (Å²) in [7, 11) is 0. The van der Waals surface area contributed by atoms with Gasteiger partial charge in [-0.05, 0) is 54.5 Å². The van der Waals surface area contributed by atoms with E-state index in [1.807, 2.05) is 42.5 Å². The first kappa shape index (κ1) is 15.1. The molecule has 3 nitrogen and oxygen atoms in total. The van der Waals surface area contributed by atoms with Gasteiger partial charge in [-0.3, -0.25) is 9.93 Å². The lowest BCUT2D eigenvalue weighted by Crippen LogP contribution is -2.24. The Balaban J connectivity index is 1.73. The summed E-state index contributed by atoms with van der Waals surface area (Å²) in [4.78, 5) is 13.6. The molecule has 3 rings (SSSR count). The highest BCUT2D eigenvalue weighted by atomic mass is 32.2. The first-order valence-electron chi connectivity index (χ1n) is 7.60. The Morgan fingerprint density at radius 3 is 2.68 bits per heavy atom. The number of anilines is 1. The molecular formula is C18H20N2OS. The SMILES string of the molecule is NSc1cccc(NC(=O)C2CCCC2c2ccccc2)c1. The standard InChI is InChI=1S/C18H20N2OS/c19-22-15-9-4-8-14(12-15)20-18(21)17-11-5-10-16(17)13-6-2-1-3-7-13/h1-4,6-9,12,16-17H,5,10-11,19H2,(H,20,21). The molecule has 1 aliphatic rings. The first-order valence-corrected chi connectivity index (χ1v) is 8.48. The van der Waals surface area contributed by atoms with Crippen LogP contribution < -0.4 is 10.5 Å². The van der Waals surface area contributed by atoms with Gasteiger partial charge in [0.15, 0.2) is 0 Å². The van der Waals surface area contributed by atoms with Crippen molar-refractivity contribution in [2.45, 2.75) is 30.1 Å². The Labute approximate surface area is 135 Å². The van der Waals surface area contributed by atoms with Gasteiger partial charge in [-0.15, -0.1) is 0 Å². The molecule has 3 N–H and O–H groups in total. The van der Waals surface area contributed by atoms with Crippen molar-refractivity contribution in [3.05, 3.63) is 60.2 Å². The van der Waals surface area contributed by atoms with Crippen LogP contribution in [-0.2, 0) is 4.79 Å². The first-order chi connectivity index (χ1) is 10.8. The van der Waals surface area contributed by atoms with Crippen molar-refractivity contribution >= 4 is 23.5 Å². The van der Waals surface area contributed by atoms with E-state index in [0.717, 1.165) is 29.8 Å². The number of nitrogens with one attached hydrogen (secondary N) is 1. The van der Waals surface area contributed by atoms with Crippen molar-refractivity contribution in [1.82, 2.24) is 0 Å². The van der Waals surface area contributed by atoms with Crippen LogP contribution in [0.4, 0.5) is 5.69 Å². The molecule has 1 fully saturated rings. The maximum Gasteiger partial charge on any atom is 0.228 e. The molecule has 0 aliphatic heterocycles. The highest BCUT2D eigenvalue weighted by Gasteiger charge is 2.33. The van der Waals surface area contributed by atoms with E-state index in [1.54, 1.807) is 0 Å². The van der Waals surface area contributed by atoms with Gasteiger partial charge in [0.05, 0.1) is 0 Å². The molecule has 2 aromatic rings. The van der Waals surface area contributed by atoms with E-state index in [1.165, 1.54) is 17.5 Å². The molecule has 0 radical (unpaired) electrons. The Bertz CT molecular complexity index is 645. The number of carbonyl (C=O) groups excluding carboxylic acids is 1. The van der Waals surface area contributed by atoms with E-state index in [0.29, 0.717) is 5.92 Å². The van der Waals surface area contributed by atoms with Gasteiger partial charge in [0.2, 0.25) is 5.91 Å². The Morgan fingerprint density at radius 1 is 1.09 bits per heavy atom. The lowest BCUT2D eigenvalue weighted by Gasteiger charge is -2.19. The van der Waals surface area contributed by atoms with E-state index >= 15 is 0 Å². The normalized spacial score (nSPS) is 20.8. The second-order valence-corrected chi connectivity index (χ2v) is 6.40. The van der Waals surface area contributed by atoms with Gasteiger partial charge in [-0.25, -0.2) is 0 Å². The largest absolute Gasteiger partial charge is 0.326 e. The lowest BCUT2D eigenvalue weighted by atomic mass is 9.88. The number of rotatable bonds is 4. The highest BCUT2D eigenvalue weighted by molar-refractivity contribution is 7.97. The predicted molar refractivity (Wildman–Crippen MR) is 91.6 cm³/mol. The number of carbonyl (C=O) groups is 1. The summed E-state index contributed by atoms with van der Waals surface area (Å²) < 4.78 is 0. The number of hydrogen-bond acceptors (Lipinski definition) is 3. The van der Waals surface area contributed by atoms with Gasteiger partial charge in [0.25, 0.3) is 0 Å². The number of benzene rings is 2. The van der Waals surface area contributed by atoms with E-state index in [2.05, 4.69) is 17.4 Å². The Hall–Kier alpha value is -1.78. The highest BCUT2D eigenvalue weighted by Crippen LogP contribution is 2.40. The Kier molecular flexibility index (Phi) is 4.80. The molecule has 2 unspecified atom stereocenters. The molecule has 0 heterocycles. The summed E-state index contributed by atoms with van der Waals surface area (Å²) in [5.41, 5.74) is 2.09. The van der Waals surface area contributed by atoms with Gasteiger partial charge in [-0.2, -0.15) is 0 Å². The zero-order valence-corrected chi connectivity index (χ0v) is 13.2. The molecular weight excluding hydrogens is 292 g/mol. The van der Waals surface area contributed by atoms with E-state index in [9.17, 15) is 4.79 Å². The van der Waals surface area contributed by atoms with Crippen LogP contribution in [0.15, 0.2) is 59.5 Å². The minimum Gasteiger partial charge on any atom is -0.326 e. The minimum absolute atomic E-state index is 0.0524. The van der Waals surface area contributed by atoms with Gasteiger partial charge >= 0.3 is 0 Å². The van der Waals surface area contributed by atoms with Crippen LogP contribution in [0.5, 0.6) is 0 Å². The summed E-state index contributed by atoms with van der Waals surface area (Å²) in [5, 5.41) is 8.62. The fraction of sp³-hybridized carbons (Fsp3) is 0.278. The molecule has 4 heteroatoms. The number of nitrogens with two attached hydrogens (primary N) is 1. The van der Waals surface area contributed by atoms with Crippen LogP contribution in [0.3, 0.4) is 0 Å². The maximum absolute atomic E-state index is 12.6. The molecule has 2 aromatic carbocycles. The van der Waals surface area contributed by atoms with E-state index in [4.69, 9.17) is 5.14 Å². The van der Waals surface area contributed by atoms with Gasteiger partial charge in [0.1, 0.15) is 0 Å². The maximum atomic E-state index is 12.6. The van der Waals surface area contributed by atoms with Crippen molar-refractivity contribution in [2.24, 2.45) is 11.1 Å². The summed E-state index contributed by atoms with van der Waals surface area (Å²) >= 11 is 1.19. The third-order valence-electron chi connectivity index (χ3n) is 4.32. The monoisotopic (exact) mass is 312 g/mol. The molecule has 0 spiro atoms. The second kappa shape index (κ2) is 6.99. The van der Waals surface area contributed by atoms with Crippen LogP contribution in [0.1, 0.15) is 30.7 Å². The fourth-order valence-corrected chi connectivity index (χ4v) is 3.61. The third-order valence-corrected chi connectivity index (χ3v) is 4.84. The summed E-state index contributed by atoms with van der Waals surface area (Å²) in [6.45, 7) is 0. The van der Waals surface area contributed by atoms with Crippen molar-refractivity contribution < 1.29 is 4.79 Å². The predicted octanol–water partition coefficient (Wildman–Crippen LogP) is 4.17. The molecule has 0 bridgehead atoms. The smallest absolute Gasteiger partial charge is 0.228 e. The minimum atomic E-state index is 0.0524. The third kappa shape index (κ3) is 3.34. The summed E-state index contributed by atoms with van der Waals surface area (Å²) in [6.07, 6.45) is 3.15. The molecule has 114 valence electrons. The average Bonchev–Trinajstić information content (AvgIpc) is 3.05. The fourth-order valence-electron chi connectivity index (χ4n) is 3.26. The molecule has 0 aromatic heterocycles. The topological polar surface area (TPSA) is 55.1 Å². The zero-order chi connectivity index (χ0) is 15.4. The average molecular weight is 312 g/mol. The van der Waals surface area contributed by atoms with Crippen molar-refractivity contribution in [3.8, 4) is 0 Å². The summed E-state index contributed by atoms with van der Waals surface area (Å²) in [6, 6.07) is 18.0. The number of hydrogen-bond donors (Lipinski definition) is 2. The van der Waals surface area contributed by atoms with Crippen LogP contribution in [0.25, 0.3) is 0 Å². The van der Waals surface area contributed by atoms with Crippen LogP contribution in [0, 0.1) is 5.92 Å². The van der Waals surface area contributed by atoms with Crippen molar-refractivity contribution in [3.63, 3.8) is 0 Å². The van der Waals surface area contributed by atoms with Crippen LogP contribution >= 0.6 is 11.9 Å². The molecule has 2 atom stereocenters. The zero-order valence-electron chi connectivity index (χ0n) is 12.4. The van der Waals surface area contributed by atoms with E-state index < -0.39 is 0 Å². The summed E-state index contributed by atoms with van der Waals surface area (Å²) in [5.74, 6) is 0.496. The van der Waals surface area contributed by atoms with Crippen molar-refractivity contribution in [1.29, 1.82) is 0 Å². The molecule has 1 aliphatic carbocycles. The van der Waals surface area contributed by atoms with Gasteiger partial charge < -0.3 is 5.32 Å². The van der Waals surface area contributed by atoms with Gasteiger partial charge in [0, 0.05) is 16.5 Å². The van der Waals surface area contributed by atoms with Crippen molar-refractivity contribution in [2.75, 3.05) is 5.32 Å². The molecule has 0 saturated heterocycles. The quantitative estimate of drug-likeness (QED) is 0.833. The van der Waals surface area contributed by atoms with Gasteiger partial charge in [-0.1, -0.05) is 42.8 Å². The second-order valence-electron chi connectivity index (χ2n) is 5.69. The van der Waals surface area contributed by atoms with Crippen LogP contribution in [-0.4, -0.2) is 5.91 Å². The Morgan fingerprint density at radius 2 is 1.91 bits per heavy atom. The molecule has 22 heavy (non-hydrogen) atoms. The lowest BCUT2D eigenvalue weighted by molar-refractivity contribution is -0.120. The van der Waals surface area contributed by atoms with Crippen LogP contribution in [0.2, 0.25) is 0 Å². The van der Waals surface area contributed by atoms with E-state index in [-0.39, 0.29) is 11.8 Å².